The summed E-state index contributed by atoms with van der Waals surface area (Å²) in [5.41, 5.74) is 0.954. The van der Waals surface area contributed by atoms with E-state index in [-0.39, 0.29) is 38.2 Å². The number of sulfonamides is 1. The molecule has 4 rings (SSSR count). The van der Waals surface area contributed by atoms with Crippen molar-refractivity contribution in [3.8, 4) is 5.75 Å². The van der Waals surface area contributed by atoms with Crippen molar-refractivity contribution in [2.24, 2.45) is 0 Å². The number of alkyl halides is 5. The fourth-order valence-electron chi connectivity index (χ4n) is 4.39. The number of ether oxygens (including phenoxy) is 1. The lowest BCUT2D eigenvalue weighted by Crippen LogP contribution is -2.61. The largest absolute Gasteiger partial charge is 0.573 e. The van der Waals surface area contributed by atoms with E-state index in [2.05, 4.69) is 19.7 Å². The maximum Gasteiger partial charge on any atom is 0.573 e. The zero-order valence-corrected chi connectivity index (χ0v) is 25.0. The van der Waals surface area contributed by atoms with E-state index in [1.54, 1.807) is 13.0 Å². The van der Waals surface area contributed by atoms with Gasteiger partial charge in [0.25, 0.3) is 5.92 Å². The van der Waals surface area contributed by atoms with Crippen LogP contribution in [-0.4, -0.2) is 66.0 Å². The van der Waals surface area contributed by atoms with Crippen LogP contribution >= 0.6 is 11.5 Å². The van der Waals surface area contributed by atoms with Crippen molar-refractivity contribution in [3.05, 3.63) is 71.4 Å². The molecule has 0 unspecified atom stereocenters. The molecule has 0 spiro atoms. The maximum absolute atomic E-state index is 14.0. The van der Waals surface area contributed by atoms with Gasteiger partial charge in [-0.05, 0) is 54.4 Å². The van der Waals surface area contributed by atoms with Gasteiger partial charge in [-0.3, -0.25) is 10.1 Å². The third kappa shape index (κ3) is 8.00. The molecule has 0 bridgehead atoms. The molecule has 238 valence electrons. The van der Waals surface area contributed by atoms with E-state index in [0.717, 1.165) is 40.1 Å². The first-order valence-corrected chi connectivity index (χ1v) is 15.4. The third-order valence-corrected chi connectivity index (χ3v) is 9.45. The Morgan fingerprint density at radius 3 is 2.27 bits per heavy atom. The molecule has 1 fully saturated rings. The van der Waals surface area contributed by atoms with Gasteiger partial charge in [-0.15, -0.1) is 13.2 Å². The topological polar surface area (TPSA) is 121 Å². The van der Waals surface area contributed by atoms with Crippen LogP contribution in [0.2, 0.25) is 0 Å². The van der Waals surface area contributed by atoms with Crippen LogP contribution < -0.4 is 15.4 Å². The van der Waals surface area contributed by atoms with Gasteiger partial charge in [0.15, 0.2) is 0 Å². The fraction of sp³-hybridized carbons (Fsp3) is 0.370. The molecule has 3 aromatic rings. The van der Waals surface area contributed by atoms with Crippen molar-refractivity contribution < 1.29 is 44.7 Å². The van der Waals surface area contributed by atoms with Gasteiger partial charge in [0, 0.05) is 38.2 Å². The highest BCUT2D eigenvalue weighted by molar-refractivity contribution is 7.89. The van der Waals surface area contributed by atoms with E-state index < -0.39 is 50.9 Å². The summed E-state index contributed by atoms with van der Waals surface area (Å²) in [6.07, 6.45) is -5.37. The summed E-state index contributed by atoms with van der Waals surface area (Å²) < 4.78 is 102. The van der Waals surface area contributed by atoms with Crippen LogP contribution in [0.15, 0.2) is 59.5 Å². The molecule has 1 aliphatic heterocycles. The molecule has 1 saturated heterocycles. The Morgan fingerprint density at radius 2 is 1.70 bits per heavy atom. The molecular formula is C27H28F5N5O5S2. The summed E-state index contributed by atoms with van der Waals surface area (Å²) in [6, 6.07) is 8.43. The number of amides is 3. The molecule has 2 aromatic carbocycles. The van der Waals surface area contributed by atoms with E-state index >= 15 is 0 Å². The number of benzene rings is 2. The zero-order valence-electron chi connectivity index (χ0n) is 23.4. The number of nitrogens with zero attached hydrogens (tertiary/aromatic N) is 3. The van der Waals surface area contributed by atoms with Crippen molar-refractivity contribution in [1.82, 2.24) is 18.9 Å². The minimum Gasteiger partial charge on any atom is -0.406 e. The van der Waals surface area contributed by atoms with Gasteiger partial charge >= 0.3 is 12.4 Å². The highest BCUT2D eigenvalue weighted by Crippen LogP contribution is 2.31. The molecule has 2 N–H and O–H groups in total. The molecule has 1 aromatic heterocycles. The second-order valence-corrected chi connectivity index (χ2v) is 12.5. The minimum atomic E-state index is -4.98. The van der Waals surface area contributed by atoms with Crippen LogP contribution in [0.5, 0.6) is 5.75 Å². The van der Waals surface area contributed by atoms with Gasteiger partial charge in [0.05, 0.1) is 10.6 Å². The number of aryl methyl sites for hydroxylation is 1. The average molecular weight is 662 g/mol. The Bertz CT molecular complexity index is 1580. The predicted octanol–water partition coefficient (Wildman–Crippen LogP) is 5.08. The number of carbonyl (C=O) groups excluding carboxylic acids is 2. The van der Waals surface area contributed by atoms with Gasteiger partial charge < -0.3 is 15.0 Å². The Morgan fingerprint density at radius 1 is 1.05 bits per heavy atom. The molecule has 3 amide bonds. The zero-order chi connectivity index (χ0) is 32.3. The highest BCUT2D eigenvalue weighted by atomic mass is 32.2. The Balaban J connectivity index is 1.54. The molecule has 17 heteroatoms. The van der Waals surface area contributed by atoms with Crippen LogP contribution in [0.25, 0.3) is 0 Å². The molecule has 0 saturated carbocycles. The first-order valence-electron chi connectivity index (χ1n) is 13.2. The Hall–Kier alpha value is -3.83. The van der Waals surface area contributed by atoms with Crippen molar-refractivity contribution in [2.75, 3.05) is 25.0 Å². The van der Waals surface area contributed by atoms with Gasteiger partial charge in [-0.25, -0.2) is 22.0 Å². The average Bonchev–Trinajstić information content (AvgIpc) is 3.39. The summed E-state index contributed by atoms with van der Waals surface area (Å²) in [7, 11) is -4.44. The number of piperazine rings is 1. The van der Waals surface area contributed by atoms with Crippen LogP contribution in [-0.2, 0) is 27.3 Å². The minimum absolute atomic E-state index is 0.102. The van der Waals surface area contributed by atoms with E-state index in [0.29, 0.717) is 16.3 Å². The first-order chi connectivity index (χ1) is 20.6. The van der Waals surface area contributed by atoms with Gasteiger partial charge in [-0.1, -0.05) is 31.2 Å². The molecule has 2 heterocycles. The number of hydrogen-bond donors (Lipinski definition) is 2. The number of rotatable bonds is 9. The number of urea groups is 1. The van der Waals surface area contributed by atoms with E-state index in [9.17, 15) is 40.0 Å². The van der Waals surface area contributed by atoms with Gasteiger partial charge in [0.1, 0.15) is 16.8 Å². The number of nitrogens with one attached hydrogen (secondary N) is 2. The summed E-state index contributed by atoms with van der Waals surface area (Å²) in [4.78, 5) is 27.3. The summed E-state index contributed by atoms with van der Waals surface area (Å²) in [6.45, 7) is 2.19. The number of carbonyl (C=O) groups is 2. The lowest BCUT2D eigenvalue weighted by molar-refractivity contribution is -0.274. The van der Waals surface area contributed by atoms with E-state index in [4.69, 9.17) is 0 Å². The SMILES string of the molecule is CCC(F)(F)c1ccc(CNC(=O)[C@H]2CN(C(=O)Nc3cc(C)ns3)CCN2S(=O)(=O)c2ccc(OC(F)(F)F)cc2)cc1. The standard InChI is InChI=1S/C27H28F5N5O5S2/c1-3-26(28,29)19-6-4-18(5-7-19)15-33-24(38)22-16-36(25(39)34-23-14-17(2)35-43-23)12-13-37(22)44(40,41)21-10-8-20(9-11-21)42-27(30,31)32/h4-11,14,22H,3,12-13,15-16H2,1-2H3,(H,33,38)(H,34,39)/t22-/m1/s1. The molecule has 44 heavy (non-hydrogen) atoms. The molecule has 1 aliphatic rings. The van der Waals surface area contributed by atoms with E-state index in [1.165, 1.54) is 36.1 Å². The second-order valence-electron chi connectivity index (χ2n) is 9.83. The van der Waals surface area contributed by atoms with Crippen LogP contribution in [0, 0.1) is 6.92 Å². The molecule has 0 aliphatic carbocycles. The van der Waals surface area contributed by atoms with Crippen molar-refractivity contribution in [2.45, 2.75) is 50.0 Å². The van der Waals surface area contributed by atoms with Gasteiger partial charge in [-0.2, -0.15) is 8.68 Å². The van der Waals surface area contributed by atoms with E-state index in [1.807, 2.05) is 0 Å². The van der Waals surface area contributed by atoms with Crippen LogP contribution in [0.3, 0.4) is 0 Å². The number of halogens is 5. The van der Waals surface area contributed by atoms with Gasteiger partial charge in [0.2, 0.25) is 15.9 Å². The summed E-state index contributed by atoms with van der Waals surface area (Å²) in [5.74, 6) is -4.43. The second kappa shape index (κ2) is 13.0. The highest BCUT2D eigenvalue weighted by Gasteiger charge is 2.41. The summed E-state index contributed by atoms with van der Waals surface area (Å²) >= 11 is 1.04. The molecule has 0 radical (unpaired) electrons. The summed E-state index contributed by atoms with van der Waals surface area (Å²) in [5, 5.41) is 5.70. The third-order valence-electron chi connectivity index (χ3n) is 6.73. The number of hydrogen-bond acceptors (Lipinski definition) is 7. The molecule has 1 atom stereocenters. The number of anilines is 1. The fourth-order valence-corrected chi connectivity index (χ4v) is 6.61. The van der Waals surface area contributed by atoms with Crippen molar-refractivity contribution in [1.29, 1.82) is 0 Å². The van der Waals surface area contributed by atoms with Crippen LogP contribution in [0.1, 0.15) is 30.2 Å². The number of aromatic nitrogens is 1. The monoisotopic (exact) mass is 661 g/mol. The van der Waals surface area contributed by atoms with Crippen LogP contribution in [0.4, 0.5) is 31.7 Å². The van der Waals surface area contributed by atoms with Crippen molar-refractivity contribution >= 4 is 38.5 Å². The maximum atomic E-state index is 14.0. The lowest BCUT2D eigenvalue weighted by Gasteiger charge is -2.39. The normalized spacial score (nSPS) is 16.4. The Labute approximate surface area is 254 Å². The predicted molar refractivity (Wildman–Crippen MR) is 151 cm³/mol. The first kappa shape index (κ1) is 33.1. The Kier molecular flexibility index (Phi) is 9.80. The molecular weight excluding hydrogens is 633 g/mol. The molecule has 10 nitrogen and oxygen atoms in total. The quantitative estimate of drug-likeness (QED) is 0.309. The lowest BCUT2D eigenvalue weighted by atomic mass is 10.0. The van der Waals surface area contributed by atoms with Crippen molar-refractivity contribution in [3.63, 3.8) is 0 Å². The smallest absolute Gasteiger partial charge is 0.406 e.